The van der Waals surface area contributed by atoms with E-state index >= 15 is 0 Å². The lowest BCUT2D eigenvalue weighted by atomic mass is 9.82. The van der Waals surface area contributed by atoms with Gasteiger partial charge in [-0.2, -0.15) is 13.2 Å². The molecule has 2 unspecified atom stereocenters. The van der Waals surface area contributed by atoms with Crippen molar-refractivity contribution in [3.63, 3.8) is 0 Å². The maximum Gasteiger partial charge on any atom is 0.416 e. The number of nitrogens with one attached hydrogen (secondary N) is 1. The van der Waals surface area contributed by atoms with Gasteiger partial charge in [-0.3, -0.25) is 4.79 Å². The summed E-state index contributed by atoms with van der Waals surface area (Å²) in [6, 6.07) is 3.64. The van der Waals surface area contributed by atoms with Crippen molar-refractivity contribution in [2.45, 2.75) is 83.4 Å². The average Bonchev–Trinajstić information content (AvgIpc) is 2.92. The fourth-order valence-electron chi connectivity index (χ4n) is 5.00. The largest absolute Gasteiger partial charge is 0.416 e. The number of hydrogen-bond acceptors (Lipinski definition) is 1. The van der Waals surface area contributed by atoms with Crippen LogP contribution in [0.25, 0.3) is 0 Å². The van der Waals surface area contributed by atoms with Crippen molar-refractivity contribution in [2.24, 2.45) is 11.8 Å². The molecule has 2 nitrogen and oxygen atoms in total. The van der Waals surface area contributed by atoms with Crippen LogP contribution in [0.1, 0.15) is 86.2 Å². The van der Waals surface area contributed by atoms with Gasteiger partial charge in [0.1, 0.15) is 0 Å². The van der Waals surface area contributed by atoms with Gasteiger partial charge in [-0.15, -0.1) is 0 Å². The number of amides is 1. The quantitative estimate of drug-likeness (QED) is 0.624. The van der Waals surface area contributed by atoms with E-state index in [1.165, 1.54) is 44.6 Å². The summed E-state index contributed by atoms with van der Waals surface area (Å²) >= 11 is 0. The molecule has 0 aromatic heterocycles. The molecule has 1 amide bonds. The van der Waals surface area contributed by atoms with E-state index in [-0.39, 0.29) is 11.9 Å². The summed E-state index contributed by atoms with van der Waals surface area (Å²) in [4.78, 5) is 12.8. The molecule has 2 fully saturated rings. The van der Waals surface area contributed by atoms with Crippen LogP contribution in [0.2, 0.25) is 0 Å². The molecule has 0 saturated heterocycles. The number of benzene rings is 1. The first-order valence-electron chi connectivity index (χ1n) is 10.4. The van der Waals surface area contributed by atoms with Crippen LogP contribution in [0.3, 0.4) is 0 Å². The third-order valence-electron chi connectivity index (χ3n) is 6.45. The molecule has 0 bridgehead atoms. The Morgan fingerprint density at radius 3 is 2.37 bits per heavy atom. The average molecular weight is 381 g/mol. The summed E-state index contributed by atoms with van der Waals surface area (Å²) in [5.41, 5.74) is 0.163. The highest BCUT2D eigenvalue weighted by molar-refractivity contribution is 5.96. The summed E-state index contributed by atoms with van der Waals surface area (Å²) in [5.74, 6) is 0.983. The Morgan fingerprint density at radius 2 is 1.74 bits per heavy atom. The van der Waals surface area contributed by atoms with Gasteiger partial charge in [-0.05, 0) is 54.9 Å². The Balaban J connectivity index is 1.72. The molecular formula is C22H30F3NO. The molecule has 27 heavy (non-hydrogen) atoms. The van der Waals surface area contributed by atoms with E-state index in [2.05, 4.69) is 5.32 Å². The van der Waals surface area contributed by atoms with E-state index in [1.54, 1.807) is 6.92 Å². The Labute approximate surface area is 159 Å². The van der Waals surface area contributed by atoms with Gasteiger partial charge in [-0.1, -0.05) is 51.9 Å². The predicted molar refractivity (Wildman–Crippen MR) is 101 cm³/mol. The molecular weight excluding hydrogens is 351 g/mol. The molecule has 2 aliphatic carbocycles. The van der Waals surface area contributed by atoms with Crippen molar-refractivity contribution >= 4 is 5.91 Å². The summed E-state index contributed by atoms with van der Waals surface area (Å²) in [7, 11) is 0. The van der Waals surface area contributed by atoms with Crippen LogP contribution in [-0.4, -0.2) is 11.9 Å². The summed E-state index contributed by atoms with van der Waals surface area (Å²) in [6.07, 6.45) is 6.96. The van der Waals surface area contributed by atoms with E-state index in [0.717, 1.165) is 31.4 Å². The monoisotopic (exact) mass is 381 g/mol. The fraction of sp³-hybridized carbons (Fsp3) is 0.682. The van der Waals surface area contributed by atoms with E-state index in [4.69, 9.17) is 0 Å². The lowest BCUT2D eigenvalue weighted by Crippen LogP contribution is -2.40. The number of hydrogen-bond donors (Lipinski definition) is 1. The zero-order chi connectivity index (χ0) is 19.4. The van der Waals surface area contributed by atoms with Gasteiger partial charge in [0.15, 0.2) is 0 Å². The Morgan fingerprint density at radius 1 is 1.04 bits per heavy atom. The van der Waals surface area contributed by atoms with Gasteiger partial charge in [0.05, 0.1) is 5.56 Å². The number of rotatable bonds is 4. The van der Waals surface area contributed by atoms with Crippen molar-refractivity contribution in [1.29, 1.82) is 0 Å². The van der Waals surface area contributed by atoms with E-state index in [9.17, 15) is 18.0 Å². The molecule has 0 aliphatic heterocycles. The van der Waals surface area contributed by atoms with Crippen molar-refractivity contribution in [1.82, 2.24) is 5.32 Å². The third-order valence-corrected chi connectivity index (χ3v) is 6.45. The molecule has 2 atom stereocenters. The second-order valence-corrected chi connectivity index (χ2v) is 8.15. The van der Waals surface area contributed by atoms with Gasteiger partial charge >= 0.3 is 6.18 Å². The Kier molecular flexibility index (Phi) is 6.48. The number of carbonyl (C=O) groups excluding carboxylic acids is 1. The maximum absolute atomic E-state index is 13.0. The molecule has 1 aromatic rings. The second kappa shape index (κ2) is 8.66. The lowest BCUT2D eigenvalue weighted by molar-refractivity contribution is -0.137. The van der Waals surface area contributed by atoms with Crippen molar-refractivity contribution in [2.75, 3.05) is 0 Å². The molecule has 5 heteroatoms. The van der Waals surface area contributed by atoms with E-state index in [0.29, 0.717) is 29.4 Å². The van der Waals surface area contributed by atoms with Gasteiger partial charge < -0.3 is 5.32 Å². The van der Waals surface area contributed by atoms with Gasteiger partial charge in [-0.25, -0.2) is 0 Å². The topological polar surface area (TPSA) is 29.1 Å². The van der Waals surface area contributed by atoms with Crippen LogP contribution >= 0.6 is 0 Å². The van der Waals surface area contributed by atoms with Crippen molar-refractivity contribution < 1.29 is 18.0 Å². The van der Waals surface area contributed by atoms with E-state index < -0.39 is 11.7 Å². The number of aryl methyl sites for hydroxylation is 1. The normalized spacial score (nSPS) is 24.6. The molecule has 1 N–H and O–H groups in total. The first kappa shape index (κ1) is 20.2. The molecule has 3 rings (SSSR count). The summed E-state index contributed by atoms with van der Waals surface area (Å²) in [6.45, 7) is 1.79. The van der Waals surface area contributed by atoms with Gasteiger partial charge in [0.25, 0.3) is 5.91 Å². The third kappa shape index (κ3) is 4.85. The molecule has 0 heterocycles. The van der Waals surface area contributed by atoms with Gasteiger partial charge in [0.2, 0.25) is 0 Å². The zero-order valence-electron chi connectivity index (χ0n) is 16.1. The molecule has 0 spiro atoms. The fourth-order valence-corrected chi connectivity index (χ4v) is 5.00. The lowest BCUT2D eigenvalue weighted by Gasteiger charge is -2.29. The first-order valence-corrected chi connectivity index (χ1v) is 10.4. The Bertz CT molecular complexity index is 647. The molecule has 2 saturated carbocycles. The number of alkyl halides is 3. The smallest absolute Gasteiger partial charge is 0.349 e. The first-order chi connectivity index (χ1) is 12.9. The Hall–Kier alpha value is -1.52. The van der Waals surface area contributed by atoms with Crippen LogP contribution in [0.15, 0.2) is 18.2 Å². The molecule has 0 radical (unpaired) electrons. The summed E-state index contributed by atoms with van der Waals surface area (Å²) < 4.78 is 38.9. The van der Waals surface area contributed by atoms with Crippen molar-refractivity contribution in [3.05, 3.63) is 34.9 Å². The molecule has 1 aromatic carbocycles. The van der Waals surface area contributed by atoms with Crippen LogP contribution < -0.4 is 5.32 Å². The minimum atomic E-state index is -4.38. The zero-order valence-corrected chi connectivity index (χ0v) is 16.1. The second-order valence-electron chi connectivity index (χ2n) is 8.15. The van der Waals surface area contributed by atoms with Crippen LogP contribution in [0.4, 0.5) is 13.2 Å². The summed E-state index contributed by atoms with van der Waals surface area (Å²) in [5, 5.41) is 3.18. The highest BCUT2D eigenvalue weighted by Crippen LogP contribution is 2.39. The van der Waals surface area contributed by atoms with Crippen LogP contribution in [-0.2, 0) is 12.6 Å². The minimum absolute atomic E-state index is 0.160. The molecule has 150 valence electrons. The number of halogens is 3. The highest BCUT2D eigenvalue weighted by atomic mass is 19.4. The predicted octanol–water partition coefficient (Wildman–Crippen LogP) is 6.14. The standard InChI is InChI=1S/C22H30F3NO/c1-2-15-14-17(22(23,24)25)12-13-19(15)21(27)26-20-11-7-10-18(20)16-8-5-3-4-6-9-16/h12-14,16,18,20H,2-11H2,1H3,(H,26,27). The van der Waals surface area contributed by atoms with Crippen LogP contribution in [0, 0.1) is 11.8 Å². The van der Waals surface area contributed by atoms with Gasteiger partial charge in [0, 0.05) is 11.6 Å². The van der Waals surface area contributed by atoms with Crippen molar-refractivity contribution in [3.8, 4) is 0 Å². The molecule has 2 aliphatic rings. The number of carbonyl (C=O) groups is 1. The van der Waals surface area contributed by atoms with E-state index in [1.807, 2.05) is 0 Å². The maximum atomic E-state index is 13.0. The highest BCUT2D eigenvalue weighted by Gasteiger charge is 2.35. The minimum Gasteiger partial charge on any atom is -0.349 e. The SMILES string of the molecule is CCc1cc(C(F)(F)F)ccc1C(=O)NC1CCCC1C1CCCCCC1. The van der Waals surface area contributed by atoms with Crippen LogP contribution in [0.5, 0.6) is 0 Å².